The average molecular weight is 206 g/mol. The molecule has 0 unspecified atom stereocenters. The largest absolute Gasteiger partial charge is 2.00 e. The Morgan fingerprint density at radius 1 is 0.889 bits per heavy atom. The van der Waals surface area contributed by atoms with Gasteiger partial charge in [0.15, 0.2) is 0 Å². The van der Waals surface area contributed by atoms with Gasteiger partial charge in [-0.25, -0.2) is 0 Å². The zero-order valence-corrected chi connectivity index (χ0v) is 9.77. The Kier molecular flexibility index (Phi) is 90.9. The molecule has 54 valence electrons. The zero-order valence-electron chi connectivity index (χ0n) is 5.91. The summed E-state index contributed by atoms with van der Waals surface area (Å²) in [4.78, 5) is 21.7. The van der Waals surface area contributed by atoms with Gasteiger partial charge in [-0.3, -0.25) is 0 Å². The first-order chi connectivity index (χ1) is 3.73. The zero-order chi connectivity index (χ0) is 7.58. The van der Waals surface area contributed by atoms with Crippen LogP contribution in [0.2, 0.25) is 0 Å². The third-order valence-electron chi connectivity index (χ3n) is 0. The Bertz CT molecular complexity index is 20.5. The Balaban J connectivity index is -0.0000000221. The van der Waals surface area contributed by atoms with E-state index in [0.29, 0.717) is 0 Å². The maximum Gasteiger partial charge on any atom is 2.00 e. The first-order valence-corrected chi connectivity index (χ1v) is 3.21. The summed E-state index contributed by atoms with van der Waals surface area (Å²) < 4.78 is 0. The van der Waals surface area contributed by atoms with E-state index in [1.807, 2.05) is 0 Å². The standard InChI is InChI=1S/2C2H5.H3O3P.Zn/c2*1-2;1-4(2)3;/h2*1H2,2H3;1-3H;/q2*-1;;+2. The fraction of sp³-hybridized carbons (Fsp3) is 0.500. The fourth-order valence-corrected chi connectivity index (χ4v) is 0. The quantitative estimate of drug-likeness (QED) is 0.312. The molecule has 0 aromatic heterocycles. The van der Waals surface area contributed by atoms with Gasteiger partial charge in [-0.05, 0) is 0 Å². The van der Waals surface area contributed by atoms with E-state index in [1.54, 1.807) is 13.8 Å². The van der Waals surface area contributed by atoms with Gasteiger partial charge >= 0.3 is 28.1 Å². The first-order valence-electron chi connectivity index (χ1n) is 2.01. The van der Waals surface area contributed by atoms with Gasteiger partial charge in [-0.15, -0.1) is 0 Å². The molecule has 0 amide bonds. The Morgan fingerprint density at radius 3 is 0.889 bits per heavy atom. The maximum atomic E-state index is 7.23. The van der Waals surface area contributed by atoms with Crippen LogP contribution in [0.5, 0.6) is 0 Å². The van der Waals surface area contributed by atoms with Crippen LogP contribution in [0.15, 0.2) is 0 Å². The van der Waals surface area contributed by atoms with E-state index in [0.717, 1.165) is 0 Å². The molecule has 0 saturated heterocycles. The predicted molar refractivity (Wildman–Crippen MR) is 35.6 cm³/mol. The molecule has 0 heterocycles. The topological polar surface area (TPSA) is 60.7 Å². The van der Waals surface area contributed by atoms with Crippen LogP contribution in [-0.2, 0) is 19.5 Å². The molecule has 0 aromatic rings. The van der Waals surface area contributed by atoms with Crippen molar-refractivity contribution >= 4 is 8.60 Å². The van der Waals surface area contributed by atoms with Crippen LogP contribution in [0.25, 0.3) is 0 Å². The van der Waals surface area contributed by atoms with Crippen LogP contribution in [0, 0.1) is 13.8 Å². The smallest absolute Gasteiger partial charge is 0.346 e. The summed E-state index contributed by atoms with van der Waals surface area (Å²) in [5.74, 6) is 0. The van der Waals surface area contributed by atoms with E-state index < -0.39 is 8.60 Å². The number of hydrogen-bond acceptors (Lipinski definition) is 3. The van der Waals surface area contributed by atoms with Gasteiger partial charge in [0.25, 0.3) is 0 Å². The minimum Gasteiger partial charge on any atom is -0.346 e. The third kappa shape index (κ3) is 493. The molecule has 0 aliphatic rings. The first kappa shape index (κ1) is 22.5. The molecule has 0 aliphatic heterocycles. The van der Waals surface area contributed by atoms with E-state index in [9.17, 15) is 0 Å². The van der Waals surface area contributed by atoms with Gasteiger partial charge in [0.05, 0.1) is 0 Å². The average Bonchev–Trinajstić information content (AvgIpc) is 1.75. The molecule has 0 saturated carbocycles. The van der Waals surface area contributed by atoms with Gasteiger partial charge < -0.3 is 28.5 Å². The molecule has 0 radical (unpaired) electrons. The predicted octanol–water partition coefficient (Wildman–Crippen LogP) is 0.868. The van der Waals surface area contributed by atoms with Gasteiger partial charge in [-0.1, -0.05) is 0 Å². The van der Waals surface area contributed by atoms with Gasteiger partial charge in [-0.2, -0.15) is 13.8 Å². The van der Waals surface area contributed by atoms with E-state index in [4.69, 9.17) is 14.7 Å². The third-order valence-corrected chi connectivity index (χ3v) is 0. The van der Waals surface area contributed by atoms with Crippen molar-refractivity contribution in [2.45, 2.75) is 13.8 Å². The molecule has 0 rings (SSSR count). The van der Waals surface area contributed by atoms with Crippen LogP contribution in [0.1, 0.15) is 13.8 Å². The van der Waals surface area contributed by atoms with Gasteiger partial charge in [0.1, 0.15) is 0 Å². The molecule has 9 heavy (non-hydrogen) atoms. The SMILES string of the molecule is OP(O)O.[CH2-]C.[CH2-]C.[Zn+2]. The molecule has 0 aliphatic carbocycles. The number of rotatable bonds is 0. The van der Waals surface area contributed by atoms with E-state index >= 15 is 0 Å². The fourth-order valence-electron chi connectivity index (χ4n) is 0. The molecule has 3 nitrogen and oxygen atoms in total. The van der Waals surface area contributed by atoms with Crippen LogP contribution in [0.4, 0.5) is 0 Å². The minimum absolute atomic E-state index is 0. The van der Waals surface area contributed by atoms with Crippen molar-refractivity contribution < 1.29 is 34.2 Å². The second kappa shape index (κ2) is 36.3. The maximum absolute atomic E-state index is 7.23. The van der Waals surface area contributed by atoms with Crippen molar-refractivity contribution in [1.29, 1.82) is 0 Å². The summed E-state index contributed by atoms with van der Waals surface area (Å²) in [5, 5.41) is 0. The normalized spacial score (nSPS) is 5.33. The Labute approximate surface area is 70.9 Å². The van der Waals surface area contributed by atoms with Crippen molar-refractivity contribution in [1.82, 2.24) is 0 Å². The minimum atomic E-state index is -2.62. The molecule has 5 heteroatoms. The summed E-state index contributed by atoms with van der Waals surface area (Å²) >= 11 is 0. The van der Waals surface area contributed by atoms with E-state index in [2.05, 4.69) is 13.8 Å². The van der Waals surface area contributed by atoms with Crippen molar-refractivity contribution in [2.24, 2.45) is 0 Å². The van der Waals surface area contributed by atoms with Crippen molar-refractivity contribution in [2.75, 3.05) is 0 Å². The molecular formula is C4H13O3PZn. The Hall–Kier alpha value is 0.933. The summed E-state index contributed by atoms with van der Waals surface area (Å²) in [5.41, 5.74) is 0. The van der Waals surface area contributed by atoms with E-state index in [-0.39, 0.29) is 19.5 Å². The van der Waals surface area contributed by atoms with Crippen molar-refractivity contribution in [3.05, 3.63) is 13.8 Å². The van der Waals surface area contributed by atoms with Gasteiger partial charge in [0, 0.05) is 0 Å². The monoisotopic (exact) mass is 204 g/mol. The second-order valence-corrected chi connectivity index (χ2v) is 0.805. The van der Waals surface area contributed by atoms with Crippen LogP contribution >= 0.6 is 8.60 Å². The summed E-state index contributed by atoms with van der Waals surface area (Å²) in [6.07, 6.45) is 0. The molecule has 0 spiro atoms. The van der Waals surface area contributed by atoms with Gasteiger partial charge in [0.2, 0.25) is 0 Å². The Morgan fingerprint density at radius 2 is 0.889 bits per heavy atom. The van der Waals surface area contributed by atoms with Crippen LogP contribution < -0.4 is 0 Å². The van der Waals surface area contributed by atoms with Crippen LogP contribution in [-0.4, -0.2) is 14.7 Å². The molecule has 0 atom stereocenters. The number of hydrogen-bond donors (Lipinski definition) is 3. The second-order valence-electron chi connectivity index (χ2n) is 0.268. The molecule has 0 fully saturated rings. The van der Waals surface area contributed by atoms with Crippen LogP contribution in [0.3, 0.4) is 0 Å². The summed E-state index contributed by atoms with van der Waals surface area (Å²) in [6.45, 7) is 10.0. The molecule has 3 N–H and O–H groups in total. The molecule has 0 aromatic carbocycles. The summed E-state index contributed by atoms with van der Waals surface area (Å²) in [7, 11) is -2.62. The van der Waals surface area contributed by atoms with Crippen molar-refractivity contribution in [3.8, 4) is 0 Å². The molecular weight excluding hydrogens is 192 g/mol. The summed E-state index contributed by atoms with van der Waals surface area (Å²) in [6, 6.07) is 0. The van der Waals surface area contributed by atoms with E-state index in [1.165, 1.54) is 0 Å². The molecule has 0 bridgehead atoms. The van der Waals surface area contributed by atoms with Crippen molar-refractivity contribution in [3.63, 3.8) is 0 Å².